The first-order valence-corrected chi connectivity index (χ1v) is 8.73. The molecule has 4 heterocycles. The second-order valence-electron chi connectivity index (χ2n) is 6.61. The van der Waals surface area contributed by atoms with Crippen molar-refractivity contribution in [2.24, 2.45) is 14.1 Å². The zero-order valence-corrected chi connectivity index (χ0v) is 15.3. The summed E-state index contributed by atoms with van der Waals surface area (Å²) in [4.78, 5) is 25.9. The van der Waals surface area contributed by atoms with E-state index >= 15 is 0 Å². The molecule has 1 fully saturated rings. The van der Waals surface area contributed by atoms with Crippen LogP contribution < -0.4 is 4.90 Å². The number of hydrogen-bond acceptors (Lipinski definition) is 6. The molecule has 26 heavy (non-hydrogen) atoms. The Kier molecular flexibility index (Phi) is 4.06. The van der Waals surface area contributed by atoms with Gasteiger partial charge in [-0.15, -0.1) is 0 Å². The Morgan fingerprint density at radius 3 is 2.73 bits per heavy atom. The third-order valence-corrected chi connectivity index (χ3v) is 4.70. The molecule has 9 heteroatoms. The molecule has 0 bridgehead atoms. The van der Waals surface area contributed by atoms with Crippen LogP contribution in [-0.4, -0.2) is 66.5 Å². The topological polar surface area (TPSA) is 85.0 Å². The molecule has 1 amide bonds. The standard InChI is InChI=1S/C17H22N8O/c1-12-19-15-13(11-18-23(15)3)16(20-12)24-6-4-7-25(10-9-24)17(26)14-5-8-22(2)21-14/h5,8,11H,4,6-7,9-10H2,1-3H3. The first kappa shape index (κ1) is 16.5. The van der Waals surface area contributed by atoms with Gasteiger partial charge >= 0.3 is 0 Å². The van der Waals surface area contributed by atoms with Crippen LogP contribution in [0.4, 0.5) is 5.82 Å². The predicted octanol–water partition coefficient (Wildman–Crippen LogP) is 0.758. The Morgan fingerprint density at radius 1 is 1.12 bits per heavy atom. The number of nitrogens with zero attached hydrogens (tertiary/aromatic N) is 8. The van der Waals surface area contributed by atoms with Gasteiger partial charge in [-0.2, -0.15) is 10.2 Å². The van der Waals surface area contributed by atoms with Crippen LogP contribution in [-0.2, 0) is 14.1 Å². The lowest BCUT2D eigenvalue weighted by Gasteiger charge is -2.23. The molecule has 136 valence electrons. The Hall–Kier alpha value is -2.97. The Bertz CT molecular complexity index is 959. The number of carbonyl (C=O) groups excluding carboxylic acids is 1. The first-order valence-electron chi connectivity index (χ1n) is 8.73. The van der Waals surface area contributed by atoms with Crippen molar-refractivity contribution in [2.75, 3.05) is 31.1 Å². The van der Waals surface area contributed by atoms with Gasteiger partial charge in [0.15, 0.2) is 5.65 Å². The third kappa shape index (κ3) is 2.89. The lowest BCUT2D eigenvalue weighted by molar-refractivity contribution is 0.0760. The molecule has 0 N–H and O–H groups in total. The van der Waals surface area contributed by atoms with Gasteiger partial charge in [0.1, 0.15) is 17.3 Å². The highest BCUT2D eigenvalue weighted by atomic mass is 16.2. The molecule has 0 unspecified atom stereocenters. The number of fused-ring (bicyclic) bond motifs is 1. The van der Waals surface area contributed by atoms with E-state index < -0.39 is 0 Å². The van der Waals surface area contributed by atoms with E-state index in [0.717, 1.165) is 42.2 Å². The lowest BCUT2D eigenvalue weighted by atomic mass is 10.3. The number of rotatable bonds is 2. The van der Waals surface area contributed by atoms with Crippen molar-refractivity contribution in [3.05, 3.63) is 30.0 Å². The van der Waals surface area contributed by atoms with E-state index in [9.17, 15) is 4.79 Å². The number of amides is 1. The molecule has 0 atom stereocenters. The van der Waals surface area contributed by atoms with Crippen molar-refractivity contribution in [3.8, 4) is 0 Å². The zero-order valence-electron chi connectivity index (χ0n) is 15.3. The van der Waals surface area contributed by atoms with Gasteiger partial charge in [-0.05, 0) is 19.4 Å². The summed E-state index contributed by atoms with van der Waals surface area (Å²) in [6.45, 7) is 4.81. The molecule has 0 aliphatic carbocycles. The van der Waals surface area contributed by atoms with E-state index in [0.29, 0.717) is 18.8 Å². The van der Waals surface area contributed by atoms with Crippen molar-refractivity contribution in [1.29, 1.82) is 0 Å². The fourth-order valence-corrected chi connectivity index (χ4v) is 3.38. The summed E-state index contributed by atoms with van der Waals surface area (Å²) in [6.07, 6.45) is 4.48. The maximum absolute atomic E-state index is 12.7. The van der Waals surface area contributed by atoms with Gasteiger partial charge in [0.25, 0.3) is 5.91 Å². The van der Waals surface area contributed by atoms with E-state index in [2.05, 4.69) is 25.1 Å². The van der Waals surface area contributed by atoms with Gasteiger partial charge in [0.05, 0.1) is 11.6 Å². The number of aromatic nitrogens is 6. The van der Waals surface area contributed by atoms with E-state index in [4.69, 9.17) is 0 Å². The van der Waals surface area contributed by atoms with Gasteiger partial charge in [-0.25, -0.2) is 9.97 Å². The summed E-state index contributed by atoms with van der Waals surface area (Å²) < 4.78 is 3.42. The Morgan fingerprint density at radius 2 is 1.96 bits per heavy atom. The monoisotopic (exact) mass is 354 g/mol. The molecule has 3 aromatic heterocycles. The normalized spacial score (nSPS) is 15.5. The van der Waals surface area contributed by atoms with E-state index in [-0.39, 0.29) is 5.91 Å². The highest BCUT2D eigenvalue weighted by molar-refractivity contribution is 5.92. The SMILES string of the molecule is Cc1nc(N2CCCN(C(=O)c3ccn(C)n3)CC2)c2cnn(C)c2n1. The summed E-state index contributed by atoms with van der Waals surface area (Å²) in [5.74, 6) is 1.60. The van der Waals surface area contributed by atoms with Gasteiger partial charge in [-0.3, -0.25) is 14.2 Å². The van der Waals surface area contributed by atoms with Crippen molar-refractivity contribution >= 4 is 22.8 Å². The quantitative estimate of drug-likeness (QED) is 0.675. The minimum atomic E-state index is -0.0159. The number of carbonyl (C=O) groups is 1. The fraction of sp³-hybridized carbons (Fsp3) is 0.471. The molecule has 0 aromatic carbocycles. The molecule has 9 nitrogen and oxygen atoms in total. The molecular weight excluding hydrogens is 332 g/mol. The maximum Gasteiger partial charge on any atom is 0.274 e. The van der Waals surface area contributed by atoms with Crippen LogP contribution in [0, 0.1) is 6.92 Å². The summed E-state index contributed by atoms with van der Waals surface area (Å²) in [6, 6.07) is 1.76. The van der Waals surface area contributed by atoms with Crippen molar-refractivity contribution in [1.82, 2.24) is 34.4 Å². The molecular formula is C17H22N8O. The highest BCUT2D eigenvalue weighted by Gasteiger charge is 2.24. The average molecular weight is 354 g/mol. The molecule has 0 saturated carbocycles. The van der Waals surface area contributed by atoms with E-state index in [1.54, 1.807) is 21.6 Å². The van der Waals surface area contributed by atoms with Crippen LogP contribution in [0.3, 0.4) is 0 Å². The summed E-state index contributed by atoms with van der Waals surface area (Å²) in [5.41, 5.74) is 1.33. The fourth-order valence-electron chi connectivity index (χ4n) is 3.38. The second-order valence-corrected chi connectivity index (χ2v) is 6.61. The van der Waals surface area contributed by atoms with E-state index in [1.807, 2.05) is 32.1 Å². The molecule has 1 saturated heterocycles. The Balaban J connectivity index is 1.57. The summed E-state index contributed by atoms with van der Waals surface area (Å²) >= 11 is 0. The molecule has 4 rings (SSSR count). The maximum atomic E-state index is 12.7. The molecule has 1 aliphatic heterocycles. The molecule has 0 radical (unpaired) electrons. The van der Waals surface area contributed by atoms with Crippen LogP contribution >= 0.6 is 0 Å². The molecule has 0 spiro atoms. The van der Waals surface area contributed by atoms with Crippen LogP contribution in [0.25, 0.3) is 11.0 Å². The average Bonchev–Trinajstić information content (AvgIpc) is 3.12. The minimum absolute atomic E-state index is 0.0159. The zero-order chi connectivity index (χ0) is 18.3. The first-order chi connectivity index (χ1) is 12.5. The van der Waals surface area contributed by atoms with E-state index in [1.165, 1.54) is 0 Å². The van der Waals surface area contributed by atoms with Gasteiger partial charge in [0, 0.05) is 46.5 Å². The second kappa shape index (κ2) is 6.40. The van der Waals surface area contributed by atoms with Gasteiger partial charge in [-0.1, -0.05) is 0 Å². The van der Waals surface area contributed by atoms with Crippen LogP contribution in [0.1, 0.15) is 22.7 Å². The smallest absolute Gasteiger partial charge is 0.274 e. The minimum Gasteiger partial charge on any atom is -0.354 e. The van der Waals surface area contributed by atoms with Crippen LogP contribution in [0.2, 0.25) is 0 Å². The van der Waals surface area contributed by atoms with Crippen LogP contribution in [0.15, 0.2) is 18.5 Å². The summed E-state index contributed by atoms with van der Waals surface area (Å²) in [7, 11) is 3.70. The van der Waals surface area contributed by atoms with Gasteiger partial charge < -0.3 is 9.80 Å². The number of aryl methyl sites for hydroxylation is 3. The molecule has 1 aliphatic rings. The number of anilines is 1. The molecule has 3 aromatic rings. The van der Waals surface area contributed by atoms with Crippen molar-refractivity contribution < 1.29 is 4.79 Å². The van der Waals surface area contributed by atoms with Crippen molar-refractivity contribution in [2.45, 2.75) is 13.3 Å². The number of hydrogen-bond donors (Lipinski definition) is 0. The lowest BCUT2D eigenvalue weighted by Crippen LogP contribution is -2.35. The summed E-state index contributed by atoms with van der Waals surface area (Å²) in [5, 5.41) is 9.49. The van der Waals surface area contributed by atoms with Crippen LogP contribution in [0.5, 0.6) is 0 Å². The predicted molar refractivity (Wildman–Crippen MR) is 97.0 cm³/mol. The van der Waals surface area contributed by atoms with Gasteiger partial charge in [0.2, 0.25) is 0 Å². The largest absolute Gasteiger partial charge is 0.354 e. The highest BCUT2D eigenvalue weighted by Crippen LogP contribution is 2.24. The Labute approximate surface area is 151 Å². The van der Waals surface area contributed by atoms with Crippen molar-refractivity contribution in [3.63, 3.8) is 0 Å². The third-order valence-electron chi connectivity index (χ3n) is 4.70.